The van der Waals surface area contributed by atoms with Gasteiger partial charge in [0.05, 0.1) is 49.8 Å². The first-order valence-electron chi connectivity index (χ1n) is 32.6. The van der Waals surface area contributed by atoms with Gasteiger partial charge in [0.25, 0.3) is 0 Å². The second-order valence-corrected chi connectivity index (χ2v) is 26.6. The van der Waals surface area contributed by atoms with Crippen LogP contribution in [0.4, 0.5) is 0 Å². The highest BCUT2D eigenvalue weighted by atomic mass is 15.1. The largest absolute Gasteiger partial charge is 0.308 e. The number of nitrogens with zero attached hydrogens (tertiary/aromatic N) is 7. The Morgan fingerprint density at radius 3 is 1.01 bits per heavy atom. The van der Waals surface area contributed by atoms with Gasteiger partial charge in [0.1, 0.15) is 0 Å². The Kier molecular flexibility index (Phi) is 10.8. The summed E-state index contributed by atoms with van der Waals surface area (Å²) >= 11 is 0. The smallest absolute Gasteiger partial charge is 0.166 e. The molecule has 0 saturated carbocycles. The van der Waals surface area contributed by atoms with Crippen molar-refractivity contribution >= 4 is 87.2 Å². The Morgan fingerprint density at radius 2 is 0.574 bits per heavy atom. The summed E-state index contributed by atoms with van der Waals surface area (Å²) < 4.78 is 10.0. The van der Waals surface area contributed by atoms with Crippen molar-refractivity contribution in [3.05, 3.63) is 307 Å². The molecular weight excluding hydrogens is 1140 g/mol. The second-order valence-electron chi connectivity index (χ2n) is 26.6. The van der Waals surface area contributed by atoms with E-state index in [1.54, 1.807) is 0 Å². The molecule has 18 aromatic rings. The molecule has 0 atom stereocenters. The maximum Gasteiger partial charge on any atom is 0.166 e. The lowest BCUT2D eigenvalue weighted by atomic mass is 9.82. The van der Waals surface area contributed by atoms with Gasteiger partial charge in [-0.3, -0.25) is 0 Å². The van der Waals surface area contributed by atoms with E-state index in [2.05, 4.69) is 331 Å². The molecule has 0 bridgehead atoms. The van der Waals surface area contributed by atoms with Crippen LogP contribution in [0.3, 0.4) is 0 Å². The molecule has 2 aliphatic carbocycles. The lowest BCUT2D eigenvalue weighted by molar-refractivity contribution is 0.660. The van der Waals surface area contributed by atoms with Crippen LogP contribution in [0.15, 0.2) is 285 Å². The predicted octanol–water partition coefficient (Wildman–Crippen LogP) is 21.9. The molecule has 7 nitrogen and oxygen atoms in total. The number of hydrogen-bond acceptors (Lipinski definition) is 3. The quantitative estimate of drug-likeness (QED) is 0.160. The Hall–Kier alpha value is -11.9. The number of para-hydroxylation sites is 7. The van der Waals surface area contributed by atoms with Gasteiger partial charge in [-0.1, -0.05) is 228 Å². The number of aromatic nitrogens is 7. The molecule has 0 unspecified atom stereocenters. The molecule has 0 spiro atoms. The fraction of sp³-hybridized carbons (Fsp3) is 0.0690. The molecule has 0 radical (unpaired) electrons. The molecule has 7 heteroatoms. The Labute approximate surface area is 542 Å². The van der Waals surface area contributed by atoms with Gasteiger partial charge in [-0.15, -0.1) is 0 Å². The normalized spacial score (nSPS) is 13.7. The molecule has 0 amide bonds. The highest BCUT2D eigenvalue weighted by Gasteiger charge is 2.38. The summed E-state index contributed by atoms with van der Waals surface area (Å²) in [5, 5.41) is 9.44. The summed E-state index contributed by atoms with van der Waals surface area (Å²) in [5.74, 6) is 1.82. The molecule has 0 fully saturated rings. The van der Waals surface area contributed by atoms with E-state index in [1.807, 2.05) is 0 Å². The Balaban J connectivity index is 0.918. The predicted molar refractivity (Wildman–Crippen MR) is 389 cm³/mol. The first-order valence-corrected chi connectivity index (χ1v) is 32.6. The van der Waals surface area contributed by atoms with E-state index < -0.39 is 0 Å². The number of rotatable bonds is 7. The first kappa shape index (κ1) is 52.8. The molecule has 0 N–H and O–H groups in total. The number of benzene rings is 13. The third kappa shape index (κ3) is 7.18. The molecule has 0 aliphatic heterocycles. The highest BCUT2D eigenvalue weighted by Crippen LogP contribution is 2.54. The van der Waals surface area contributed by atoms with E-state index >= 15 is 0 Å². The van der Waals surface area contributed by atoms with Gasteiger partial charge in [-0.05, 0) is 129 Å². The van der Waals surface area contributed by atoms with E-state index in [-0.39, 0.29) is 10.8 Å². The van der Waals surface area contributed by atoms with E-state index in [1.165, 1.54) is 82.2 Å². The third-order valence-corrected chi connectivity index (χ3v) is 21.0. The zero-order valence-electron chi connectivity index (χ0n) is 52.3. The molecule has 5 heterocycles. The standard InChI is InChI=1S/C87H59N7/c1-86(2)67-36-18-11-29-57(67)59-46-43-52(49-69(59)86)83-88-84(53-44-47-60-58-30-12-19-37-68(58)87(3,4)70(60)50-53)90-85(89-83)66-48-45-56(51-76(66)94-71-38-20-13-31-61(71)62-32-14-21-39-72(62)94)93-75-42-24-17-35-65(75)79-81-77(63-33-15-22-40-73(63)91(81)54-25-7-5-8-26-54)80-78(82(79)93)64-34-16-23-41-74(64)92(80)55-27-9-6-10-28-55/h5-51H,1-4H3. The molecule has 0 saturated heterocycles. The summed E-state index contributed by atoms with van der Waals surface area (Å²) in [6.07, 6.45) is 0. The van der Waals surface area contributed by atoms with E-state index in [4.69, 9.17) is 15.0 Å². The van der Waals surface area contributed by atoms with Crippen molar-refractivity contribution in [2.45, 2.75) is 38.5 Å². The van der Waals surface area contributed by atoms with Crippen LogP contribution in [0.1, 0.15) is 49.9 Å². The lowest BCUT2D eigenvalue weighted by Gasteiger charge is -2.22. The van der Waals surface area contributed by atoms with E-state index in [0.29, 0.717) is 17.5 Å². The number of fused-ring (bicyclic) bond motifs is 21. The molecule has 2 aliphatic rings. The summed E-state index contributed by atoms with van der Waals surface area (Å²) in [7, 11) is 0. The first-order chi connectivity index (χ1) is 46.2. The maximum atomic E-state index is 5.73. The van der Waals surface area contributed by atoms with E-state index in [0.717, 1.165) is 89.0 Å². The van der Waals surface area contributed by atoms with Gasteiger partial charge >= 0.3 is 0 Å². The van der Waals surface area contributed by atoms with Crippen LogP contribution in [0.2, 0.25) is 0 Å². The fourth-order valence-electron chi connectivity index (χ4n) is 16.8. The van der Waals surface area contributed by atoms with Crippen LogP contribution in [0.25, 0.3) is 166 Å². The van der Waals surface area contributed by atoms with E-state index in [9.17, 15) is 0 Å². The molecule has 442 valence electrons. The highest BCUT2D eigenvalue weighted by molar-refractivity contribution is 6.40. The topological polar surface area (TPSA) is 58.4 Å². The zero-order valence-corrected chi connectivity index (χ0v) is 52.3. The fourth-order valence-corrected chi connectivity index (χ4v) is 16.8. The van der Waals surface area contributed by atoms with Crippen molar-refractivity contribution in [3.63, 3.8) is 0 Å². The van der Waals surface area contributed by atoms with Crippen LogP contribution in [0.5, 0.6) is 0 Å². The zero-order chi connectivity index (χ0) is 62.3. The Bertz CT molecular complexity index is 6040. The number of hydrogen-bond donors (Lipinski definition) is 0. The molecule has 20 rings (SSSR count). The minimum atomic E-state index is -0.237. The van der Waals surface area contributed by atoms with Crippen molar-refractivity contribution in [1.82, 2.24) is 33.2 Å². The van der Waals surface area contributed by atoms with Crippen LogP contribution in [-0.4, -0.2) is 33.2 Å². The van der Waals surface area contributed by atoms with Crippen LogP contribution in [-0.2, 0) is 10.8 Å². The van der Waals surface area contributed by atoms with Gasteiger partial charge in [0.15, 0.2) is 17.5 Å². The van der Waals surface area contributed by atoms with Crippen LogP contribution < -0.4 is 0 Å². The average Bonchev–Trinajstić information content (AvgIpc) is 1.51. The minimum absolute atomic E-state index is 0.237. The van der Waals surface area contributed by atoms with Gasteiger partial charge in [-0.2, -0.15) is 0 Å². The third-order valence-electron chi connectivity index (χ3n) is 21.0. The van der Waals surface area contributed by atoms with Crippen molar-refractivity contribution in [2.24, 2.45) is 0 Å². The van der Waals surface area contributed by atoms with Crippen molar-refractivity contribution < 1.29 is 0 Å². The molecule has 5 aromatic heterocycles. The summed E-state index contributed by atoms with van der Waals surface area (Å²) in [6, 6.07) is 105. The summed E-state index contributed by atoms with van der Waals surface area (Å²) in [5.41, 5.74) is 25.7. The molecule has 94 heavy (non-hydrogen) atoms. The van der Waals surface area contributed by atoms with Gasteiger partial charge in [-0.25, -0.2) is 15.0 Å². The summed E-state index contributed by atoms with van der Waals surface area (Å²) in [6.45, 7) is 9.35. The Morgan fingerprint density at radius 1 is 0.245 bits per heavy atom. The van der Waals surface area contributed by atoms with Crippen molar-refractivity contribution in [3.8, 4) is 79.2 Å². The molecular formula is C87H59N7. The van der Waals surface area contributed by atoms with Crippen LogP contribution in [0, 0.1) is 0 Å². The van der Waals surface area contributed by atoms with Crippen molar-refractivity contribution in [1.29, 1.82) is 0 Å². The maximum absolute atomic E-state index is 5.73. The van der Waals surface area contributed by atoms with Gasteiger partial charge < -0.3 is 18.3 Å². The molecule has 13 aromatic carbocycles. The minimum Gasteiger partial charge on any atom is -0.308 e. The monoisotopic (exact) mass is 1200 g/mol. The summed E-state index contributed by atoms with van der Waals surface area (Å²) in [4.78, 5) is 17.0. The second kappa shape index (κ2) is 19.3. The average molecular weight is 1200 g/mol. The van der Waals surface area contributed by atoms with Gasteiger partial charge in [0.2, 0.25) is 0 Å². The van der Waals surface area contributed by atoms with Gasteiger partial charge in [0, 0.05) is 87.7 Å². The van der Waals surface area contributed by atoms with Crippen molar-refractivity contribution in [2.75, 3.05) is 0 Å². The lowest BCUT2D eigenvalue weighted by Crippen LogP contribution is -2.15. The SMILES string of the molecule is CC1(C)c2ccccc2-c2ccc(-c3nc(-c4ccc5c(c4)C(C)(C)c4ccccc4-5)nc(-c4ccc(-n5c6ccccc6c6c7c(c8ccccc8n7-c7ccccc7)c7c(c8ccccc8n7-c7ccccc7)c65)cc4-n4c5ccccc5c5ccccc54)n3)cc21. The van der Waals surface area contributed by atoms with Crippen LogP contribution >= 0.6 is 0 Å².